The van der Waals surface area contributed by atoms with E-state index in [1.54, 1.807) is 0 Å². The van der Waals surface area contributed by atoms with Crippen molar-refractivity contribution in [2.75, 3.05) is 22.6 Å². The summed E-state index contributed by atoms with van der Waals surface area (Å²) >= 11 is 0. The minimum Gasteiger partial charge on any atom is -0.340 e. The van der Waals surface area contributed by atoms with Crippen LogP contribution in [0.4, 0.5) is 31.8 Å². The first kappa shape index (κ1) is 22.6. The molecule has 0 spiro atoms. The Kier molecular flexibility index (Phi) is 6.23. The topological polar surface area (TPSA) is 118 Å². The molecule has 0 saturated carbocycles. The molecule has 1 heterocycles. The van der Waals surface area contributed by atoms with Crippen molar-refractivity contribution in [1.29, 1.82) is 0 Å². The van der Waals surface area contributed by atoms with Crippen LogP contribution in [0.5, 0.6) is 0 Å². The quantitative estimate of drug-likeness (QED) is 0.541. The van der Waals surface area contributed by atoms with Crippen LogP contribution in [0.15, 0.2) is 58.6 Å². The van der Waals surface area contributed by atoms with Crippen LogP contribution in [0.1, 0.15) is 6.92 Å². The van der Waals surface area contributed by atoms with Crippen LogP contribution in [-0.2, 0) is 19.7 Å². The maximum Gasteiger partial charge on any atom is 0.178 e. The fraction of sp³-hybridized carbons (Fsp3) is 0.158. The summed E-state index contributed by atoms with van der Waals surface area (Å²) in [6, 6.07) is 8.28. The third-order valence-corrected chi connectivity index (χ3v) is 7.10. The van der Waals surface area contributed by atoms with Gasteiger partial charge in [0.15, 0.2) is 31.3 Å². The maximum absolute atomic E-state index is 13.4. The van der Waals surface area contributed by atoms with Crippen molar-refractivity contribution in [3.63, 3.8) is 0 Å². The van der Waals surface area contributed by atoms with Gasteiger partial charge in [0.1, 0.15) is 18.0 Å². The molecular formula is C19H18F2N4O4S2. The fourth-order valence-electron chi connectivity index (χ4n) is 2.64. The van der Waals surface area contributed by atoms with Crippen molar-refractivity contribution in [2.24, 2.45) is 0 Å². The maximum atomic E-state index is 13.4. The molecule has 164 valence electrons. The second kappa shape index (κ2) is 8.55. The Bertz CT molecular complexity index is 1350. The third kappa shape index (κ3) is 5.33. The highest BCUT2D eigenvalue weighted by molar-refractivity contribution is 7.91. The van der Waals surface area contributed by atoms with Crippen LogP contribution < -0.4 is 10.6 Å². The minimum atomic E-state index is -3.68. The van der Waals surface area contributed by atoms with Gasteiger partial charge in [-0.2, -0.15) is 0 Å². The Labute approximate surface area is 178 Å². The van der Waals surface area contributed by atoms with Crippen LogP contribution in [0.2, 0.25) is 0 Å². The molecule has 0 fully saturated rings. The monoisotopic (exact) mass is 468 g/mol. The molecule has 0 radical (unpaired) electrons. The number of hydrogen-bond acceptors (Lipinski definition) is 8. The lowest BCUT2D eigenvalue weighted by Crippen LogP contribution is -2.08. The number of rotatable bonds is 7. The summed E-state index contributed by atoms with van der Waals surface area (Å²) in [6.45, 7) is 1.48. The molecule has 2 N–H and O–H groups in total. The smallest absolute Gasteiger partial charge is 0.178 e. The number of halogens is 2. The molecule has 0 aliphatic carbocycles. The third-order valence-electron chi connectivity index (χ3n) is 4.21. The predicted molar refractivity (Wildman–Crippen MR) is 112 cm³/mol. The lowest BCUT2D eigenvalue weighted by Gasteiger charge is -2.13. The molecule has 2 aromatic carbocycles. The summed E-state index contributed by atoms with van der Waals surface area (Å²) in [5.41, 5.74) is 0.255. The molecule has 3 rings (SSSR count). The lowest BCUT2D eigenvalue weighted by atomic mass is 10.3. The summed E-state index contributed by atoms with van der Waals surface area (Å²) in [5.74, 6) is -1.83. The number of benzene rings is 2. The van der Waals surface area contributed by atoms with E-state index in [1.165, 1.54) is 37.3 Å². The summed E-state index contributed by atoms with van der Waals surface area (Å²) in [5, 5.41) is 5.57. The molecule has 0 aliphatic rings. The number of aromatic nitrogens is 2. The zero-order valence-corrected chi connectivity index (χ0v) is 18.1. The highest BCUT2D eigenvalue weighted by Crippen LogP contribution is 2.29. The lowest BCUT2D eigenvalue weighted by molar-refractivity contribution is 0.509. The van der Waals surface area contributed by atoms with Crippen molar-refractivity contribution < 1.29 is 25.6 Å². The van der Waals surface area contributed by atoms with Crippen LogP contribution >= 0.6 is 0 Å². The Morgan fingerprint density at radius 2 is 1.55 bits per heavy atom. The van der Waals surface area contributed by atoms with Gasteiger partial charge in [-0.1, -0.05) is 6.92 Å². The van der Waals surface area contributed by atoms with Gasteiger partial charge in [-0.25, -0.2) is 35.6 Å². The van der Waals surface area contributed by atoms with E-state index in [4.69, 9.17) is 0 Å². The number of hydrogen-bond donors (Lipinski definition) is 2. The summed E-state index contributed by atoms with van der Waals surface area (Å²) < 4.78 is 75.2. The minimum absolute atomic E-state index is 0.0227. The van der Waals surface area contributed by atoms with Crippen molar-refractivity contribution in [3.05, 3.63) is 60.4 Å². The number of anilines is 4. The molecular weight excluding hydrogens is 450 g/mol. The number of nitrogens with one attached hydrogen (secondary N) is 2. The average molecular weight is 469 g/mol. The summed E-state index contributed by atoms with van der Waals surface area (Å²) in [6.07, 6.45) is 2.16. The highest BCUT2D eigenvalue weighted by atomic mass is 32.2. The van der Waals surface area contributed by atoms with Crippen molar-refractivity contribution in [1.82, 2.24) is 9.97 Å². The summed E-state index contributed by atoms with van der Waals surface area (Å²) in [7, 11) is -7.26. The van der Waals surface area contributed by atoms with Gasteiger partial charge in [-0.3, -0.25) is 0 Å². The van der Waals surface area contributed by atoms with Gasteiger partial charge in [-0.15, -0.1) is 0 Å². The fourth-order valence-corrected chi connectivity index (χ4v) is 4.37. The molecule has 1 aromatic heterocycles. The second-order valence-electron chi connectivity index (χ2n) is 6.50. The first-order valence-corrected chi connectivity index (χ1v) is 12.4. The van der Waals surface area contributed by atoms with E-state index in [0.29, 0.717) is 0 Å². The van der Waals surface area contributed by atoms with E-state index < -0.39 is 31.3 Å². The number of nitrogens with zero attached hydrogens (tertiary/aromatic N) is 2. The molecule has 31 heavy (non-hydrogen) atoms. The first-order chi connectivity index (χ1) is 14.5. The first-order valence-electron chi connectivity index (χ1n) is 8.87. The van der Waals surface area contributed by atoms with Crippen LogP contribution in [0, 0.1) is 11.6 Å². The molecule has 12 heteroatoms. The standard InChI is InChI=1S/C19H18F2N4O4S2/c1-3-31(28,29)13-5-7-17(30(2,26)27)16(9-13)25-19-10-18(22-11-23-19)24-12-4-6-14(20)15(21)8-12/h4-11H,3H2,1-2H3,(H2,22,23,24,25). The Balaban J connectivity index is 1.97. The van der Waals surface area contributed by atoms with E-state index in [9.17, 15) is 25.6 Å². The SMILES string of the molecule is CCS(=O)(=O)c1ccc(S(C)(=O)=O)c(Nc2cc(Nc3ccc(F)c(F)c3)ncn2)c1. The van der Waals surface area contributed by atoms with Crippen molar-refractivity contribution >= 4 is 42.7 Å². The Morgan fingerprint density at radius 1 is 0.871 bits per heavy atom. The van der Waals surface area contributed by atoms with Crippen LogP contribution in [-0.4, -0.2) is 38.8 Å². The van der Waals surface area contributed by atoms with Crippen molar-refractivity contribution in [2.45, 2.75) is 16.7 Å². The van der Waals surface area contributed by atoms with Gasteiger partial charge in [0.05, 0.1) is 21.2 Å². The molecule has 0 atom stereocenters. The molecule has 0 aliphatic heterocycles. The predicted octanol–water partition coefficient (Wildman–Crippen LogP) is 3.44. The van der Waals surface area contributed by atoms with E-state index >= 15 is 0 Å². The largest absolute Gasteiger partial charge is 0.340 e. The molecule has 0 unspecified atom stereocenters. The molecule has 3 aromatic rings. The van der Waals surface area contributed by atoms with Gasteiger partial charge in [0, 0.05) is 24.1 Å². The van der Waals surface area contributed by atoms with Gasteiger partial charge < -0.3 is 10.6 Å². The van der Waals surface area contributed by atoms with Gasteiger partial charge >= 0.3 is 0 Å². The van der Waals surface area contributed by atoms with Crippen LogP contribution in [0.3, 0.4) is 0 Å². The van der Waals surface area contributed by atoms with E-state index in [2.05, 4.69) is 20.6 Å². The summed E-state index contributed by atoms with van der Waals surface area (Å²) in [4.78, 5) is 7.82. The van der Waals surface area contributed by atoms with E-state index in [-0.39, 0.29) is 38.6 Å². The van der Waals surface area contributed by atoms with Crippen LogP contribution in [0.25, 0.3) is 0 Å². The molecule has 0 amide bonds. The highest BCUT2D eigenvalue weighted by Gasteiger charge is 2.19. The van der Waals surface area contributed by atoms with Gasteiger partial charge in [0.2, 0.25) is 0 Å². The molecule has 0 bridgehead atoms. The Morgan fingerprint density at radius 3 is 2.16 bits per heavy atom. The van der Waals surface area contributed by atoms with Crippen molar-refractivity contribution in [3.8, 4) is 0 Å². The average Bonchev–Trinajstić information content (AvgIpc) is 2.70. The number of sulfone groups is 2. The Hall–Kier alpha value is -3.12. The van der Waals surface area contributed by atoms with Gasteiger partial charge in [0.25, 0.3) is 0 Å². The van der Waals surface area contributed by atoms with E-state index in [0.717, 1.165) is 24.7 Å². The van der Waals surface area contributed by atoms with Gasteiger partial charge in [-0.05, 0) is 30.3 Å². The normalized spacial score (nSPS) is 11.9. The zero-order chi connectivity index (χ0) is 22.8. The molecule has 0 saturated heterocycles. The zero-order valence-electron chi connectivity index (χ0n) is 16.4. The molecule has 8 nitrogen and oxygen atoms in total. The second-order valence-corrected chi connectivity index (χ2v) is 10.8. The van der Waals surface area contributed by atoms with E-state index in [1.807, 2.05) is 0 Å².